The molecule has 0 radical (unpaired) electrons. The van der Waals surface area contributed by atoms with Gasteiger partial charge in [0.15, 0.2) is 0 Å². The third-order valence-electron chi connectivity index (χ3n) is 5.00. The molecular weight excluding hydrogens is 292 g/mol. The van der Waals surface area contributed by atoms with Gasteiger partial charge in [-0.2, -0.15) is 0 Å². The summed E-state index contributed by atoms with van der Waals surface area (Å²) in [5.41, 5.74) is 0. The molecule has 1 atom stereocenters. The van der Waals surface area contributed by atoms with Gasteiger partial charge in [-0.05, 0) is 32.6 Å². The van der Waals surface area contributed by atoms with Crippen LogP contribution in [-0.2, 0) is 9.59 Å². The van der Waals surface area contributed by atoms with E-state index in [9.17, 15) is 9.59 Å². The van der Waals surface area contributed by atoms with Gasteiger partial charge in [-0.1, -0.05) is 6.42 Å². The summed E-state index contributed by atoms with van der Waals surface area (Å²) in [6, 6.07) is 0.301. The first-order valence-corrected chi connectivity index (χ1v) is 8.70. The van der Waals surface area contributed by atoms with Crippen LogP contribution in [0.4, 0.5) is 0 Å². The number of aryl methyl sites for hydroxylation is 1. The van der Waals surface area contributed by atoms with Gasteiger partial charge in [0.25, 0.3) is 0 Å². The molecule has 2 aliphatic heterocycles. The lowest BCUT2D eigenvalue weighted by molar-refractivity contribution is -0.141. The van der Waals surface area contributed by atoms with Crippen molar-refractivity contribution in [1.82, 2.24) is 19.4 Å². The number of carbonyl (C=O) groups excluding carboxylic acids is 2. The van der Waals surface area contributed by atoms with Crippen molar-refractivity contribution in [2.75, 3.05) is 26.2 Å². The number of piperidine rings is 1. The third-order valence-corrected chi connectivity index (χ3v) is 5.00. The molecule has 2 saturated heterocycles. The van der Waals surface area contributed by atoms with Crippen molar-refractivity contribution < 1.29 is 9.59 Å². The Morgan fingerprint density at radius 3 is 2.91 bits per heavy atom. The highest BCUT2D eigenvalue weighted by molar-refractivity contribution is 5.85. The summed E-state index contributed by atoms with van der Waals surface area (Å²) >= 11 is 0. The maximum absolute atomic E-state index is 12.6. The molecule has 0 saturated carbocycles. The maximum atomic E-state index is 12.6. The Hall–Kier alpha value is -1.85. The molecule has 126 valence electrons. The van der Waals surface area contributed by atoms with Crippen LogP contribution in [0.5, 0.6) is 0 Å². The molecule has 0 aromatic carbocycles. The number of amides is 2. The topological polar surface area (TPSA) is 58.4 Å². The molecule has 0 spiro atoms. The van der Waals surface area contributed by atoms with E-state index in [1.165, 1.54) is 0 Å². The first-order chi connectivity index (χ1) is 11.1. The highest BCUT2D eigenvalue weighted by Crippen LogP contribution is 2.23. The highest BCUT2D eigenvalue weighted by atomic mass is 16.2. The molecule has 0 bridgehead atoms. The van der Waals surface area contributed by atoms with Gasteiger partial charge in [0.05, 0.1) is 12.6 Å². The molecule has 23 heavy (non-hydrogen) atoms. The molecule has 6 heteroatoms. The number of nitrogens with zero attached hydrogens (tertiary/aromatic N) is 4. The summed E-state index contributed by atoms with van der Waals surface area (Å²) in [7, 11) is 0. The maximum Gasteiger partial charge on any atom is 0.242 e. The van der Waals surface area contributed by atoms with E-state index < -0.39 is 0 Å². The molecule has 6 nitrogen and oxygen atoms in total. The SMILES string of the molecule is Cc1nccn1C1CCCN(C(=O)CN2CCCCCC2=O)C1. The largest absolute Gasteiger partial charge is 0.339 e. The second-order valence-electron chi connectivity index (χ2n) is 6.64. The van der Waals surface area contributed by atoms with Gasteiger partial charge in [0, 0.05) is 38.4 Å². The van der Waals surface area contributed by atoms with Crippen LogP contribution in [0.15, 0.2) is 12.4 Å². The second-order valence-corrected chi connectivity index (χ2v) is 6.64. The monoisotopic (exact) mass is 318 g/mol. The Morgan fingerprint density at radius 2 is 2.13 bits per heavy atom. The summed E-state index contributed by atoms with van der Waals surface area (Å²) < 4.78 is 2.16. The van der Waals surface area contributed by atoms with E-state index in [2.05, 4.69) is 9.55 Å². The highest BCUT2D eigenvalue weighted by Gasteiger charge is 2.27. The van der Waals surface area contributed by atoms with Crippen LogP contribution >= 0.6 is 0 Å². The first-order valence-electron chi connectivity index (χ1n) is 8.70. The number of aromatic nitrogens is 2. The summed E-state index contributed by atoms with van der Waals surface area (Å²) in [5.74, 6) is 1.21. The van der Waals surface area contributed by atoms with Crippen molar-refractivity contribution in [3.8, 4) is 0 Å². The zero-order valence-electron chi connectivity index (χ0n) is 13.9. The molecule has 2 amide bonds. The summed E-state index contributed by atoms with van der Waals surface area (Å²) in [6.45, 7) is 4.48. The van der Waals surface area contributed by atoms with E-state index >= 15 is 0 Å². The molecule has 1 aromatic heterocycles. The number of likely N-dealkylation sites (tertiary alicyclic amines) is 2. The number of hydrogen-bond acceptors (Lipinski definition) is 3. The minimum atomic E-state index is 0.0859. The van der Waals surface area contributed by atoms with Crippen molar-refractivity contribution >= 4 is 11.8 Å². The minimum absolute atomic E-state index is 0.0859. The van der Waals surface area contributed by atoms with Crippen molar-refractivity contribution in [3.63, 3.8) is 0 Å². The smallest absolute Gasteiger partial charge is 0.242 e. The van der Waals surface area contributed by atoms with Gasteiger partial charge in [0.2, 0.25) is 11.8 Å². The van der Waals surface area contributed by atoms with E-state index in [0.717, 1.165) is 57.6 Å². The molecule has 1 unspecified atom stereocenters. The predicted octanol–water partition coefficient (Wildman–Crippen LogP) is 1.76. The van der Waals surface area contributed by atoms with Crippen molar-refractivity contribution in [2.45, 2.75) is 51.5 Å². The fraction of sp³-hybridized carbons (Fsp3) is 0.706. The van der Waals surface area contributed by atoms with E-state index in [-0.39, 0.29) is 18.4 Å². The first kappa shape index (κ1) is 16.0. The van der Waals surface area contributed by atoms with E-state index in [1.54, 1.807) is 4.90 Å². The van der Waals surface area contributed by atoms with Gasteiger partial charge < -0.3 is 14.4 Å². The summed E-state index contributed by atoms with van der Waals surface area (Å²) in [6.07, 6.45) is 9.52. The zero-order chi connectivity index (χ0) is 16.2. The van der Waals surface area contributed by atoms with Crippen LogP contribution in [0.25, 0.3) is 0 Å². The van der Waals surface area contributed by atoms with Crippen molar-refractivity contribution in [1.29, 1.82) is 0 Å². The fourth-order valence-corrected chi connectivity index (χ4v) is 3.65. The zero-order valence-corrected chi connectivity index (χ0v) is 13.9. The van der Waals surface area contributed by atoms with Gasteiger partial charge in [-0.15, -0.1) is 0 Å². The van der Waals surface area contributed by atoms with Gasteiger partial charge in [0.1, 0.15) is 5.82 Å². The average Bonchev–Trinajstić information content (AvgIpc) is 2.89. The normalized spacial score (nSPS) is 23.0. The van der Waals surface area contributed by atoms with Crippen molar-refractivity contribution in [2.24, 2.45) is 0 Å². The second kappa shape index (κ2) is 7.15. The van der Waals surface area contributed by atoms with Gasteiger partial charge in [-0.3, -0.25) is 9.59 Å². The quantitative estimate of drug-likeness (QED) is 0.853. The Balaban J connectivity index is 1.60. The number of rotatable bonds is 3. The molecule has 0 aliphatic carbocycles. The Kier molecular flexibility index (Phi) is 4.98. The van der Waals surface area contributed by atoms with Crippen LogP contribution in [-0.4, -0.2) is 57.3 Å². The van der Waals surface area contributed by atoms with Gasteiger partial charge in [-0.25, -0.2) is 4.98 Å². The molecule has 3 rings (SSSR count). The van der Waals surface area contributed by atoms with E-state index in [1.807, 2.05) is 24.2 Å². The third kappa shape index (κ3) is 3.74. The lowest BCUT2D eigenvalue weighted by Crippen LogP contribution is -2.46. The standard InChI is InChI=1S/C17H26N4O2/c1-14-18-8-11-21(14)15-6-5-10-19(12-15)17(23)13-20-9-4-2-3-7-16(20)22/h8,11,15H,2-7,9-10,12-13H2,1H3. The molecule has 3 heterocycles. The molecule has 2 fully saturated rings. The lowest BCUT2D eigenvalue weighted by atomic mass is 10.1. The fourth-order valence-electron chi connectivity index (χ4n) is 3.65. The van der Waals surface area contributed by atoms with Crippen LogP contribution in [0.1, 0.15) is 50.4 Å². The molecule has 2 aliphatic rings. The predicted molar refractivity (Wildman–Crippen MR) is 86.9 cm³/mol. The Morgan fingerprint density at radius 1 is 1.26 bits per heavy atom. The summed E-state index contributed by atoms with van der Waals surface area (Å²) in [4.78, 5) is 32.7. The number of hydrogen-bond donors (Lipinski definition) is 0. The lowest BCUT2D eigenvalue weighted by Gasteiger charge is -2.35. The molecule has 1 aromatic rings. The van der Waals surface area contributed by atoms with Crippen LogP contribution in [0, 0.1) is 6.92 Å². The van der Waals surface area contributed by atoms with E-state index in [4.69, 9.17) is 0 Å². The Labute approximate surface area is 137 Å². The van der Waals surface area contributed by atoms with Crippen molar-refractivity contribution in [3.05, 3.63) is 18.2 Å². The molecular formula is C17H26N4O2. The van der Waals surface area contributed by atoms with Crippen LogP contribution in [0.3, 0.4) is 0 Å². The summed E-state index contributed by atoms with van der Waals surface area (Å²) in [5, 5.41) is 0. The average molecular weight is 318 g/mol. The molecule has 0 N–H and O–H groups in total. The minimum Gasteiger partial charge on any atom is -0.339 e. The number of carbonyl (C=O) groups is 2. The van der Waals surface area contributed by atoms with E-state index in [0.29, 0.717) is 12.5 Å². The van der Waals surface area contributed by atoms with Gasteiger partial charge >= 0.3 is 0 Å². The number of imidazole rings is 1. The van der Waals surface area contributed by atoms with Crippen LogP contribution < -0.4 is 0 Å². The Bertz CT molecular complexity index is 569. The van der Waals surface area contributed by atoms with Crippen LogP contribution in [0.2, 0.25) is 0 Å².